The van der Waals surface area contributed by atoms with Gasteiger partial charge in [0.15, 0.2) is 5.96 Å². The molecule has 2 rings (SSSR count). The second-order valence-electron chi connectivity index (χ2n) is 5.72. The van der Waals surface area contributed by atoms with Crippen molar-refractivity contribution >= 4 is 29.9 Å². The number of likely N-dealkylation sites (tertiary alicyclic amines) is 1. The number of hydrogen-bond donors (Lipinski definition) is 2. The maximum absolute atomic E-state index is 4.28. The largest absolute Gasteiger partial charge is 0.355 e. The molecule has 0 amide bonds. The smallest absolute Gasteiger partial charge is 0.191 e. The minimum atomic E-state index is 0. The normalized spacial score (nSPS) is 28.2. The fourth-order valence-corrected chi connectivity index (χ4v) is 2.59. The zero-order chi connectivity index (χ0) is 12.8. The number of nitrogens with one attached hydrogen (secondary N) is 2. The molecule has 0 aromatic rings. The summed E-state index contributed by atoms with van der Waals surface area (Å²) < 4.78 is 0. The van der Waals surface area contributed by atoms with Crippen molar-refractivity contribution in [2.75, 3.05) is 33.2 Å². The van der Waals surface area contributed by atoms with Gasteiger partial charge in [0.05, 0.1) is 0 Å². The first kappa shape index (κ1) is 17.0. The second kappa shape index (κ2) is 9.00. The lowest BCUT2D eigenvalue weighted by Gasteiger charge is -2.20. The average Bonchev–Trinajstić information content (AvgIpc) is 3.11. The lowest BCUT2D eigenvalue weighted by Crippen LogP contribution is -2.42. The Morgan fingerprint density at radius 3 is 2.37 bits per heavy atom. The minimum Gasteiger partial charge on any atom is -0.355 e. The SMILES string of the molecule is CN=C(NCCN1CCCCCC1)NC1CC1C.I. The fraction of sp³-hybridized carbons (Fsp3) is 0.929. The molecule has 2 unspecified atom stereocenters. The average molecular weight is 380 g/mol. The number of rotatable bonds is 4. The molecule has 0 radical (unpaired) electrons. The quantitative estimate of drug-likeness (QED) is 0.446. The van der Waals surface area contributed by atoms with Crippen molar-refractivity contribution in [3.63, 3.8) is 0 Å². The summed E-state index contributed by atoms with van der Waals surface area (Å²) in [5.74, 6) is 1.79. The lowest BCUT2D eigenvalue weighted by molar-refractivity contribution is 0.289. The number of hydrogen-bond acceptors (Lipinski definition) is 2. The van der Waals surface area contributed by atoms with E-state index in [2.05, 4.69) is 27.4 Å². The van der Waals surface area contributed by atoms with Crippen molar-refractivity contribution in [3.8, 4) is 0 Å². The van der Waals surface area contributed by atoms with Crippen LogP contribution in [0.5, 0.6) is 0 Å². The molecule has 112 valence electrons. The molecule has 4 nitrogen and oxygen atoms in total. The standard InChI is InChI=1S/C14H28N4.HI/c1-12-11-13(12)17-14(15-2)16-7-10-18-8-5-3-4-6-9-18;/h12-13H,3-11H2,1-2H3,(H2,15,16,17);1H. The van der Waals surface area contributed by atoms with Crippen LogP contribution in [0, 0.1) is 5.92 Å². The van der Waals surface area contributed by atoms with Crippen molar-refractivity contribution in [2.45, 2.75) is 45.1 Å². The van der Waals surface area contributed by atoms with E-state index in [0.29, 0.717) is 6.04 Å². The van der Waals surface area contributed by atoms with E-state index in [1.807, 2.05) is 7.05 Å². The van der Waals surface area contributed by atoms with Crippen LogP contribution in [-0.4, -0.2) is 50.1 Å². The van der Waals surface area contributed by atoms with E-state index in [1.54, 1.807) is 0 Å². The van der Waals surface area contributed by atoms with E-state index in [9.17, 15) is 0 Å². The van der Waals surface area contributed by atoms with Crippen LogP contribution in [0.2, 0.25) is 0 Å². The van der Waals surface area contributed by atoms with Gasteiger partial charge in [-0.05, 0) is 38.3 Å². The molecule has 0 spiro atoms. The maximum atomic E-state index is 4.28. The summed E-state index contributed by atoms with van der Waals surface area (Å²) in [5, 5.41) is 6.89. The van der Waals surface area contributed by atoms with Crippen molar-refractivity contribution in [1.82, 2.24) is 15.5 Å². The van der Waals surface area contributed by atoms with E-state index in [1.165, 1.54) is 45.2 Å². The molecule has 1 aliphatic carbocycles. The van der Waals surface area contributed by atoms with Crippen LogP contribution < -0.4 is 10.6 Å². The molecular weight excluding hydrogens is 351 g/mol. The highest BCUT2D eigenvalue weighted by Crippen LogP contribution is 2.28. The first-order valence-corrected chi connectivity index (χ1v) is 7.49. The summed E-state index contributed by atoms with van der Waals surface area (Å²) in [5.41, 5.74) is 0. The fourth-order valence-electron chi connectivity index (χ4n) is 2.59. The summed E-state index contributed by atoms with van der Waals surface area (Å²) in [7, 11) is 1.86. The van der Waals surface area contributed by atoms with Gasteiger partial charge in [0.1, 0.15) is 0 Å². The predicted octanol–water partition coefficient (Wildman–Crippen LogP) is 2.05. The van der Waals surface area contributed by atoms with Gasteiger partial charge in [-0.25, -0.2) is 0 Å². The molecule has 19 heavy (non-hydrogen) atoms. The Balaban J connectivity index is 0.00000180. The van der Waals surface area contributed by atoms with Crippen LogP contribution in [0.25, 0.3) is 0 Å². The molecule has 2 fully saturated rings. The Morgan fingerprint density at radius 2 is 1.84 bits per heavy atom. The van der Waals surface area contributed by atoms with Crippen LogP contribution in [0.3, 0.4) is 0 Å². The Kier molecular flexibility index (Phi) is 8.06. The number of halogens is 1. The first-order valence-electron chi connectivity index (χ1n) is 7.49. The van der Waals surface area contributed by atoms with Crippen molar-refractivity contribution in [3.05, 3.63) is 0 Å². The third-order valence-electron chi connectivity index (χ3n) is 4.07. The van der Waals surface area contributed by atoms with Crippen LogP contribution in [0.1, 0.15) is 39.0 Å². The molecule has 1 aliphatic heterocycles. The van der Waals surface area contributed by atoms with E-state index >= 15 is 0 Å². The predicted molar refractivity (Wildman–Crippen MR) is 92.4 cm³/mol. The Bertz CT molecular complexity index is 275. The molecule has 2 aliphatic rings. The summed E-state index contributed by atoms with van der Waals surface area (Å²) in [4.78, 5) is 6.86. The van der Waals surface area contributed by atoms with Crippen LogP contribution in [0.15, 0.2) is 4.99 Å². The maximum Gasteiger partial charge on any atom is 0.191 e. The van der Waals surface area contributed by atoms with Crippen molar-refractivity contribution in [1.29, 1.82) is 0 Å². The number of nitrogens with zero attached hydrogens (tertiary/aromatic N) is 2. The van der Waals surface area contributed by atoms with Gasteiger partial charge in [0.2, 0.25) is 0 Å². The van der Waals surface area contributed by atoms with Crippen molar-refractivity contribution in [2.24, 2.45) is 10.9 Å². The van der Waals surface area contributed by atoms with Gasteiger partial charge >= 0.3 is 0 Å². The summed E-state index contributed by atoms with van der Waals surface area (Å²) >= 11 is 0. The third kappa shape index (κ3) is 6.29. The third-order valence-corrected chi connectivity index (χ3v) is 4.07. The monoisotopic (exact) mass is 380 g/mol. The van der Waals surface area contributed by atoms with E-state index in [0.717, 1.165) is 25.0 Å². The minimum absolute atomic E-state index is 0. The highest BCUT2D eigenvalue weighted by Gasteiger charge is 2.33. The molecule has 0 bridgehead atoms. The summed E-state index contributed by atoms with van der Waals surface area (Å²) in [6, 6.07) is 0.648. The molecule has 1 saturated heterocycles. The highest BCUT2D eigenvalue weighted by molar-refractivity contribution is 14.0. The molecule has 2 atom stereocenters. The van der Waals surface area contributed by atoms with Gasteiger partial charge in [-0.2, -0.15) is 0 Å². The van der Waals surface area contributed by atoms with E-state index in [4.69, 9.17) is 0 Å². The molecule has 0 aromatic heterocycles. The molecule has 1 heterocycles. The van der Waals surface area contributed by atoms with Gasteiger partial charge in [-0.15, -0.1) is 24.0 Å². The van der Waals surface area contributed by atoms with Gasteiger partial charge in [0.25, 0.3) is 0 Å². The van der Waals surface area contributed by atoms with Gasteiger partial charge in [0, 0.05) is 26.2 Å². The molecule has 1 saturated carbocycles. The van der Waals surface area contributed by atoms with Crippen molar-refractivity contribution < 1.29 is 0 Å². The van der Waals surface area contributed by atoms with E-state index < -0.39 is 0 Å². The zero-order valence-corrected chi connectivity index (χ0v) is 14.7. The lowest BCUT2D eigenvalue weighted by atomic mass is 10.2. The first-order chi connectivity index (χ1) is 8.79. The number of aliphatic imine (C=N–C) groups is 1. The molecular formula is C14H29IN4. The van der Waals surface area contributed by atoms with Gasteiger partial charge < -0.3 is 15.5 Å². The summed E-state index contributed by atoms with van der Waals surface area (Å²) in [6.07, 6.45) is 6.84. The second-order valence-corrected chi connectivity index (χ2v) is 5.72. The topological polar surface area (TPSA) is 39.7 Å². The highest BCUT2D eigenvalue weighted by atomic mass is 127. The molecule has 5 heteroatoms. The Hall–Kier alpha value is -0.0400. The molecule has 0 aromatic carbocycles. The van der Waals surface area contributed by atoms with E-state index in [-0.39, 0.29) is 24.0 Å². The van der Waals surface area contributed by atoms with Crippen LogP contribution in [0.4, 0.5) is 0 Å². The Labute approximate surface area is 134 Å². The molecule has 2 N–H and O–H groups in total. The Morgan fingerprint density at radius 1 is 1.21 bits per heavy atom. The number of guanidine groups is 1. The zero-order valence-electron chi connectivity index (χ0n) is 12.3. The van der Waals surface area contributed by atoms with Gasteiger partial charge in [-0.3, -0.25) is 4.99 Å². The van der Waals surface area contributed by atoms with Crippen LogP contribution >= 0.6 is 24.0 Å². The van der Waals surface area contributed by atoms with Gasteiger partial charge in [-0.1, -0.05) is 19.8 Å². The summed E-state index contributed by atoms with van der Waals surface area (Å²) in [6.45, 7) is 6.96. The van der Waals surface area contributed by atoms with Crippen LogP contribution in [-0.2, 0) is 0 Å².